The monoisotopic (exact) mass is 444 g/mol. The number of benzene rings is 2. The van der Waals surface area contributed by atoms with Gasteiger partial charge in [-0.1, -0.05) is 48.5 Å². The molecule has 1 atom stereocenters. The maximum Gasteiger partial charge on any atom is 0.452 e. The summed E-state index contributed by atoms with van der Waals surface area (Å²) in [4.78, 5) is 25.3. The summed E-state index contributed by atoms with van der Waals surface area (Å²) in [6.07, 6.45) is -1.70. The summed E-state index contributed by atoms with van der Waals surface area (Å²) in [5.41, 5.74) is 5.24. The van der Waals surface area contributed by atoms with Crippen LogP contribution in [0.2, 0.25) is 0 Å². The van der Waals surface area contributed by atoms with Crippen molar-refractivity contribution in [2.45, 2.75) is 50.2 Å². The Kier molecular flexibility index (Phi) is 6.65. The highest BCUT2D eigenvalue weighted by atomic mass is 19.4. The Morgan fingerprint density at radius 1 is 0.969 bits per heavy atom. The van der Waals surface area contributed by atoms with Crippen LogP contribution in [0.5, 0.6) is 0 Å². The molecule has 1 N–H and O–H groups in total. The number of hydrogen-bond acceptors (Lipinski definition) is 3. The van der Waals surface area contributed by atoms with Gasteiger partial charge in [0.1, 0.15) is 0 Å². The fourth-order valence-corrected chi connectivity index (χ4v) is 5.02. The van der Waals surface area contributed by atoms with E-state index in [-0.39, 0.29) is 25.4 Å². The molecule has 0 aromatic heterocycles. The molecule has 32 heavy (non-hydrogen) atoms. The van der Waals surface area contributed by atoms with Crippen molar-refractivity contribution < 1.29 is 22.8 Å². The normalized spacial score (nSPS) is 18.7. The number of Topliss-reactive ketones (excluding diaryl/α,β-unsaturated/α-hetero) is 1. The number of fused-ring (bicyclic) bond motifs is 2. The molecule has 1 aliphatic heterocycles. The first-order chi connectivity index (χ1) is 15.4. The van der Waals surface area contributed by atoms with E-state index in [2.05, 4.69) is 41.7 Å². The Morgan fingerprint density at radius 2 is 1.56 bits per heavy atom. The molecule has 1 heterocycles. The number of carbonyl (C=O) groups is 2. The van der Waals surface area contributed by atoms with Crippen molar-refractivity contribution in [2.24, 2.45) is 0 Å². The molecule has 0 bridgehead atoms. The molecule has 0 saturated carbocycles. The zero-order chi connectivity index (χ0) is 22.7. The molecule has 7 heteroatoms. The fraction of sp³-hybridized carbons (Fsp3) is 0.440. The van der Waals surface area contributed by atoms with Crippen molar-refractivity contribution in [3.8, 4) is 0 Å². The van der Waals surface area contributed by atoms with Crippen molar-refractivity contribution in [1.29, 1.82) is 0 Å². The van der Waals surface area contributed by atoms with E-state index in [1.807, 2.05) is 12.1 Å². The van der Waals surface area contributed by atoms with E-state index in [4.69, 9.17) is 0 Å². The number of amides is 1. The number of nitrogens with zero attached hydrogens (tertiary/aromatic N) is 1. The first-order valence-electron chi connectivity index (χ1n) is 11.1. The average Bonchev–Trinajstić information content (AvgIpc) is 3.21. The number of carbonyl (C=O) groups excluding carboxylic acids is 2. The standard InChI is InChI=1S/C25H27F3N2O2/c26-25(27,28)24(32)22-10-5-15-30(22)23(31)16-29-14-13-21-19-8-3-1-6-17(19)11-12-18-7-2-4-9-20(18)21/h1-4,6-9,21-22,29H,5,10-16H2. The van der Waals surface area contributed by atoms with Crippen LogP contribution in [0.15, 0.2) is 48.5 Å². The predicted molar refractivity (Wildman–Crippen MR) is 115 cm³/mol. The first kappa shape index (κ1) is 22.5. The lowest BCUT2D eigenvalue weighted by molar-refractivity contribution is -0.176. The second-order valence-electron chi connectivity index (χ2n) is 8.52. The number of ketones is 1. The third-order valence-corrected chi connectivity index (χ3v) is 6.57. The molecule has 4 rings (SSSR count). The molecule has 4 nitrogen and oxygen atoms in total. The Morgan fingerprint density at radius 3 is 2.16 bits per heavy atom. The quantitative estimate of drug-likeness (QED) is 0.685. The maximum atomic E-state index is 12.8. The molecule has 1 unspecified atom stereocenters. The van der Waals surface area contributed by atoms with E-state index < -0.39 is 23.9 Å². The van der Waals surface area contributed by atoms with Gasteiger partial charge in [0.25, 0.3) is 5.78 Å². The summed E-state index contributed by atoms with van der Waals surface area (Å²) in [5.74, 6) is -2.08. The number of likely N-dealkylation sites (tertiary alicyclic amines) is 1. The van der Waals surface area contributed by atoms with Gasteiger partial charge in [-0.25, -0.2) is 0 Å². The Balaban J connectivity index is 1.39. The van der Waals surface area contributed by atoms with E-state index in [9.17, 15) is 22.8 Å². The average molecular weight is 444 g/mol. The lowest BCUT2D eigenvalue weighted by Gasteiger charge is -2.25. The van der Waals surface area contributed by atoms with Crippen molar-refractivity contribution in [1.82, 2.24) is 10.2 Å². The third-order valence-electron chi connectivity index (χ3n) is 6.57. The van der Waals surface area contributed by atoms with Crippen LogP contribution in [0.1, 0.15) is 47.4 Å². The highest BCUT2D eigenvalue weighted by molar-refractivity contribution is 5.93. The minimum absolute atomic E-state index is 0.0692. The van der Waals surface area contributed by atoms with Gasteiger partial charge < -0.3 is 10.2 Å². The van der Waals surface area contributed by atoms with Crippen LogP contribution >= 0.6 is 0 Å². The molecule has 1 amide bonds. The van der Waals surface area contributed by atoms with Crippen molar-refractivity contribution in [3.05, 3.63) is 70.8 Å². The number of alkyl halides is 3. The van der Waals surface area contributed by atoms with Crippen LogP contribution < -0.4 is 5.32 Å². The molecule has 0 spiro atoms. The van der Waals surface area contributed by atoms with Crippen molar-refractivity contribution in [2.75, 3.05) is 19.6 Å². The van der Waals surface area contributed by atoms with Gasteiger partial charge in [-0.2, -0.15) is 13.2 Å². The molecule has 1 saturated heterocycles. The summed E-state index contributed by atoms with van der Waals surface area (Å²) in [6, 6.07) is 15.5. The summed E-state index contributed by atoms with van der Waals surface area (Å²) in [5, 5.41) is 3.11. The summed E-state index contributed by atoms with van der Waals surface area (Å²) in [6.45, 7) is 0.666. The van der Waals surface area contributed by atoms with Gasteiger partial charge >= 0.3 is 6.18 Å². The molecule has 2 aromatic rings. The Bertz CT molecular complexity index is 942. The summed E-state index contributed by atoms with van der Waals surface area (Å²) in [7, 11) is 0. The minimum atomic E-state index is -4.92. The molecule has 2 aliphatic rings. The predicted octanol–water partition coefficient (Wildman–Crippen LogP) is 4.02. The first-order valence-corrected chi connectivity index (χ1v) is 11.1. The second-order valence-corrected chi connectivity index (χ2v) is 8.52. The lowest BCUT2D eigenvalue weighted by atomic mass is 9.86. The van der Waals surface area contributed by atoms with Gasteiger partial charge in [-0.05, 0) is 60.9 Å². The molecule has 1 fully saturated rings. The topological polar surface area (TPSA) is 49.4 Å². The number of nitrogens with one attached hydrogen (secondary N) is 1. The summed E-state index contributed by atoms with van der Waals surface area (Å²) >= 11 is 0. The fourth-order valence-electron chi connectivity index (χ4n) is 5.02. The van der Waals surface area contributed by atoms with Gasteiger partial charge in [-0.3, -0.25) is 9.59 Å². The van der Waals surface area contributed by atoms with Crippen LogP contribution in [0.25, 0.3) is 0 Å². The van der Waals surface area contributed by atoms with E-state index >= 15 is 0 Å². The highest BCUT2D eigenvalue weighted by Gasteiger charge is 2.47. The molecule has 2 aromatic carbocycles. The molecular formula is C25H27F3N2O2. The van der Waals surface area contributed by atoms with Crippen LogP contribution in [-0.4, -0.2) is 48.4 Å². The van der Waals surface area contributed by atoms with Gasteiger partial charge in [0.05, 0.1) is 12.6 Å². The van der Waals surface area contributed by atoms with Crippen molar-refractivity contribution in [3.63, 3.8) is 0 Å². The third kappa shape index (κ3) is 4.72. The zero-order valence-electron chi connectivity index (χ0n) is 17.8. The highest BCUT2D eigenvalue weighted by Crippen LogP contribution is 2.36. The Labute approximate surface area is 185 Å². The lowest BCUT2D eigenvalue weighted by Crippen LogP contribution is -2.48. The van der Waals surface area contributed by atoms with Crippen LogP contribution in [0.4, 0.5) is 13.2 Å². The smallest absolute Gasteiger partial charge is 0.331 e. The van der Waals surface area contributed by atoms with Crippen molar-refractivity contribution >= 4 is 11.7 Å². The van der Waals surface area contributed by atoms with E-state index in [0.29, 0.717) is 13.0 Å². The van der Waals surface area contributed by atoms with Gasteiger partial charge in [-0.15, -0.1) is 0 Å². The number of hydrogen-bond donors (Lipinski definition) is 1. The van der Waals surface area contributed by atoms with Crippen LogP contribution in [0.3, 0.4) is 0 Å². The number of halogens is 3. The number of aryl methyl sites for hydroxylation is 2. The van der Waals surface area contributed by atoms with Gasteiger partial charge in [0.2, 0.25) is 5.91 Å². The molecule has 0 radical (unpaired) electrons. The second kappa shape index (κ2) is 9.45. The van der Waals surface area contributed by atoms with Crippen LogP contribution in [-0.2, 0) is 22.4 Å². The largest absolute Gasteiger partial charge is 0.452 e. The molecule has 1 aliphatic carbocycles. The minimum Gasteiger partial charge on any atom is -0.331 e. The number of rotatable bonds is 6. The van der Waals surface area contributed by atoms with E-state index in [1.54, 1.807) is 0 Å². The maximum absolute atomic E-state index is 12.8. The van der Waals surface area contributed by atoms with E-state index in [0.717, 1.165) is 24.2 Å². The summed E-state index contributed by atoms with van der Waals surface area (Å²) < 4.78 is 38.5. The Hall–Kier alpha value is -2.67. The van der Waals surface area contributed by atoms with Gasteiger partial charge in [0.15, 0.2) is 0 Å². The SMILES string of the molecule is O=C(CNCCC1c2ccccc2CCc2ccccc21)N1CCCC1C(=O)C(F)(F)F. The van der Waals surface area contributed by atoms with Gasteiger partial charge in [0, 0.05) is 12.5 Å². The molecular weight excluding hydrogens is 417 g/mol. The van der Waals surface area contributed by atoms with Crippen LogP contribution in [0, 0.1) is 0 Å². The zero-order valence-corrected chi connectivity index (χ0v) is 17.8. The molecule has 170 valence electrons. The van der Waals surface area contributed by atoms with E-state index in [1.165, 1.54) is 22.3 Å².